The van der Waals surface area contributed by atoms with Crippen molar-refractivity contribution in [3.05, 3.63) is 57.1 Å². The number of amides is 1. The molecule has 1 fully saturated rings. The van der Waals surface area contributed by atoms with E-state index in [1.807, 2.05) is 0 Å². The lowest BCUT2D eigenvalue weighted by atomic mass is 9.96. The normalized spacial score (nSPS) is 20.1. The SMILES string of the molecule is O=C(NC1c2cc(OCCCC(F)(F)F)ccc2CC1O)c1cc(S(=O)(=O)NC2CCCCC2)c(Cl)cc1Cl. The molecular formula is C26H29Cl2F3N2O5S. The Balaban J connectivity index is 1.50. The van der Waals surface area contributed by atoms with E-state index in [0.717, 1.165) is 30.9 Å². The van der Waals surface area contributed by atoms with Gasteiger partial charge in [-0.15, -0.1) is 0 Å². The smallest absolute Gasteiger partial charge is 0.389 e. The van der Waals surface area contributed by atoms with Gasteiger partial charge >= 0.3 is 6.18 Å². The first kappa shape index (κ1) is 29.9. The Labute approximate surface area is 235 Å². The summed E-state index contributed by atoms with van der Waals surface area (Å²) >= 11 is 12.5. The van der Waals surface area contributed by atoms with Gasteiger partial charge in [0.1, 0.15) is 10.6 Å². The van der Waals surface area contributed by atoms with Crippen LogP contribution in [0.4, 0.5) is 13.2 Å². The molecule has 1 saturated carbocycles. The molecule has 0 saturated heterocycles. The lowest BCUT2D eigenvalue weighted by molar-refractivity contribution is -0.136. The fourth-order valence-corrected chi connectivity index (χ4v) is 7.12. The summed E-state index contributed by atoms with van der Waals surface area (Å²) in [6.45, 7) is -0.148. The fraction of sp³-hybridized carbons (Fsp3) is 0.500. The summed E-state index contributed by atoms with van der Waals surface area (Å²) in [6, 6.07) is 6.06. The molecule has 0 aromatic heterocycles. The molecule has 3 N–H and O–H groups in total. The van der Waals surface area contributed by atoms with Crippen molar-refractivity contribution >= 4 is 39.1 Å². The molecule has 0 bridgehead atoms. The number of aliphatic hydroxyl groups excluding tert-OH is 1. The van der Waals surface area contributed by atoms with Crippen LogP contribution >= 0.6 is 23.2 Å². The largest absolute Gasteiger partial charge is 0.494 e. The molecule has 2 aliphatic carbocycles. The number of ether oxygens (including phenoxy) is 1. The summed E-state index contributed by atoms with van der Waals surface area (Å²) in [5, 5.41) is 13.1. The molecule has 13 heteroatoms. The first-order chi connectivity index (χ1) is 18.3. The van der Waals surface area contributed by atoms with Gasteiger partial charge in [-0.25, -0.2) is 13.1 Å². The fourth-order valence-electron chi connectivity index (χ4n) is 4.96. The Hall–Kier alpha value is -2.05. The van der Waals surface area contributed by atoms with E-state index in [-0.39, 0.29) is 46.0 Å². The molecule has 7 nitrogen and oxygen atoms in total. The topological polar surface area (TPSA) is 105 Å². The second-order valence-corrected chi connectivity index (χ2v) is 12.4. The summed E-state index contributed by atoms with van der Waals surface area (Å²) < 4.78 is 71.4. The highest BCUT2D eigenvalue weighted by Crippen LogP contribution is 2.36. The van der Waals surface area contributed by atoms with Crippen molar-refractivity contribution < 1.29 is 36.2 Å². The third kappa shape index (κ3) is 7.58. The standard InChI is InChI=1S/C26H29Cl2F3N2O5S/c27-20-14-21(28)23(39(36,37)33-16-5-2-1-3-6-16)13-19(20)25(35)32-24-18-12-17(8-7-15(18)11-22(24)34)38-10-4-9-26(29,30)31/h7-8,12-14,16,22,24,33-34H,1-6,9-11H2,(H,32,35). The molecule has 0 aliphatic heterocycles. The lowest BCUT2D eigenvalue weighted by Crippen LogP contribution is -2.37. The minimum atomic E-state index is -4.27. The third-order valence-electron chi connectivity index (χ3n) is 6.91. The molecule has 2 aromatic carbocycles. The molecule has 2 unspecified atom stereocenters. The molecule has 0 heterocycles. The van der Waals surface area contributed by atoms with Crippen LogP contribution in [0.15, 0.2) is 35.2 Å². The highest BCUT2D eigenvalue weighted by molar-refractivity contribution is 7.89. The van der Waals surface area contributed by atoms with Gasteiger partial charge in [-0.2, -0.15) is 13.2 Å². The number of nitrogens with one attached hydrogen (secondary N) is 2. The molecule has 0 radical (unpaired) electrons. The van der Waals surface area contributed by atoms with Crippen LogP contribution in [0.5, 0.6) is 5.75 Å². The molecular weight excluding hydrogens is 580 g/mol. The maximum Gasteiger partial charge on any atom is 0.389 e. The molecule has 2 aliphatic rings. The number of carbonyl (C=O) groups is 1. The number of alkyl halides is 3. The van der Waals surface area contributed by atoms with Gasteiger partial charge < -0.3 is 15.2 Å². The van der Waals surface area contributed by atoms with Crippen molar-refractivity contribution in [2.45, 2.75) is 80.6 Å². The zero-order valence-corrected chi connectivity index (χ0v) is 23.2. The molecule has 214 valence electrons. The van der Waals surface area contributed by atoms with Gasteiger partial charge in [0.25, 0.3) is 5.91 Å². The number of fused-ring (bicyclic) bond motifs is 1. The van der Waals surface area contributed by atoms with E-state index in [0.29, 0.717) is 24.2 Å². The van der Waals surface area contributed by atoms with Crippen LogP contribution in [0.1, 0.15) is 72.5 Å². The summed E-state index contributed by atoms with van der Waals surface area (Å²) in [4.78, 5) is 13.0. The predicted molar refractivity (Wildman–Crippen MR) is 141 cm³/mol. The van der Waals surface area contributed by atoms with E-state index in [4.69, 9.17) is 27.9 Å². The van der Waals surface area contributed by atoms with E-state index in [2.05, 4.69) is 10.0 Å². The van der Waals surface area contributed by atoms with Crippen molar-refractivity contribution in [2.75, 3.05) is 6.61 Å². The molecule has 2 atom stereocenters. The third-order valence-corrected chi connectivity index (χ3v) is 9.21. The van der Waals surface area contributed by atoms with Gasteiger partial charge in [-0.1, -0.05) is 48.5 Å². The van der Waals surface area contributed by atoms with E-state index < -0.39 is 40.7 Å². The average molecular weight is 609 g/mol. The van der Waals surface area contributed by atoms with Gasteiger partial charge in [0.15, 0.2) is 0 Å². The quantitative estimate of drug-likeness (QED) is 0.316. The van der Waals surface area contributed by atoms with Crippen LogP contribution in [0.3, 0.4) is 0 Å². The van der Waals surface area contributed by atoms with E-state index >= 15 is 0 Å². The van der Waals surface area contributed by atoms with E-state index in [9.17, 15) is 31.5 Å². The monoisotopic (exact) mass is 608 g/mol. The Morgan fingerprint density at radius 1 is 1.08 bits per heavy atom. The zero-order chi connectivity index (χ0) is 28.4. The number of halogens is 5. The second kappa shape index (κ2) is 12.2. The summed E-state index contributed by atoms with van der Waals surface area (Å²) in [7, 11) is -4.03. The minimum absolute atomic E-state index is 0.0661. The van der Waals surface area contributed by atoms with E-state index in [1.165, 1.54) is 6.07 Å². The maximum absolute atomic E-state index is 13.2. The van der Waals surface area contributed by atoms with Crippen LogP contribution < -0.4 is 14.8 Å². The number of aliphatic hydroxyl groups is 1. The number of sulfonamides is 1. The van der Waals surface area contributed by atoms with Crippen LogP contribution in [0.2, 0.25) is 10.0 Å². The maximum atomic E-state index is 13.2. The van der Waals surface area contributed by atoms with Crippen molar-refractivity contribution in [2.24, 2.45) is 0 Å². The van der Waals surface area contributed by atoms with Crippen molar-refractivity contribution in [1.29, 1.82) is 0 Å². The van der Waals surface area contributed by atoms with Crippen molar-refractivity contribution in [1.82, 2.24) is 10.0 Å². The van der Waals surface area contributed by atoms with Crippen molar-refractivity contribution in [3.63, 3.8) is 0 Å². The van der Waals surface area contributed by atoms with Gasteiger partial charge in [0.2, 0.25) is 10.0 Å². The van der Waals surface area contributed by atoms with Crippen LogP contribution in [-0.4, -0.2) is 44.4 Å². The molecule has 2 aromatic rings. The minimum Gasteiger partial charge on any atom is -0.494 e. The molecule has 39 heavy (non-hydrogen) atoms. The number of hydrogen-bond donors (Lipinski definition) is 3. The number of carbonyl (C=O) groups excluding carboxylic acids is 1. The molecule has 1 amide bonds. The van der Waals surface area contributed by atoms with Crippen LogP contribution in [0, 0.1) is 0 Å². The number of rotatable bonds is 9. The Bertz CT molecular complexity index is 1320. The molecule has 4 rings (SSSR count). The van der Waals surface area contributed by atoms with Gasteiger partial charge in [-0.05, 0) is 54.7 Å². The summed E-state index contributed by atoms with van der Waals surface area (Å²) in [6.07, 6.45) is -1.90. The average Bonchev–Trinajstić information content (AvgIpc) is 3.15. The van der Waals surface area contributed by atoms with Crippen LogP contribution in [0.25, 0.3) is 0 Å². The zero-order valence-electron chi connectivity index (χ0n) is 20.9. The van der Waals surface area contributed by atoms with Crippen molar-refractivity contribution in [3.8, 4) is 5.75 Å². The van der Waals surface area contributed by atoms with E-state index in [1.54, 1.807) is 18.2 Å². The van der Waals surface area contributed by atoms with Gasteiger partial charge in [0.05, 0.1) is 34.4 Å². The Morgan fingerprint density at radius 2 is 1.79 bits per heavy atom. The highest BCUT2D eigenvalue weighted by Gasteiger charge is 2.34. The van der Waals surface area contributed by atoms with Gasteiger partial charge in [0, 0.05) is 18.9 Å². The Morgan fingerprint density at radius 3 is 2.49 bits per heavy atom. The summed E-state index contributed by atoms with van der Waals surface area (Å²) in [5.41, 5.74) is 1.14. The summed E-state index contributed by atoms with van der Waals surface area (Å²) in [5.74, 6) is -0.421. The number of benzene rings is 2. The highest BCUT2D eigenvalue weighted by atomic mass is 35.5. The number of hydrogen-bond acceptors (Lipinski definition) is 5. The molecule has 0 spiro atoms. The predicted octanol–water partition coefficient (Wildman–Crippen LogP) is 5.71. The lowest BCUT2D eigenvalue weighted by Gasteiger charge is -2.23. The first-order valence-electron chi connectivity index (χ1n) is 12.7. The second-order valence-electron chi connectivity index (χ2n) is 9.87. The first-order valence-corrected chi connectivity index (χ1v) is 14.9. The Kier molecular flexibility index (Phi) is 9.37. The van der Waals surface area contributed by atoms with Gasteiger partial charge in [-0.3, -0.25) is 4.79 Å². The van der Waals surface area contributed by atoms with Crippen LogP contribution in [-0.2, 0) is 16.4 Å².